The van der Waals surface area contributed by atoms with Crippen LogP contribution in [0.5, 0.6) is 0 Å². The van der Waals surface area contributed by atoms with E-state index in [1.807, 2.05) is 0 Å². The van der Waals surface area contributed by atoms with Gasteiger partial charge in [-0.3, -0.25) is 0 Å². The summed E-state index contributed by atoms with van der Waals surface area (Å²) in [6.45, 7) is 6.39. The van der Waals surface area contributed by atoms with Gasteiger partial charge in [-0.25, -0.2) is 0 Å². The lowest BCUT2D eigenvalue weighted by Crippen LogP contribution is -2.34. The summed E-state index contributed by atoms with van der Waals surface area (Å²) in [5.41, 5.74) is 0.0714. The molecule has 12 heavy (non-hydrogen) atoms. The highest BCUT2D eigenvalue weighted by Gasteiger charge is 2.30. The molecule has 1 fully saturated rings. The second-order valence-electron chi connectivity index (χ2n) is 5.21. The van der Waals surface area contributed by atoms with Crippen molar-refractivity contribution in [1.29, 1.82) is 0 Å². The van der Waals surface area contributed by atoms with Gasteiger partial charge in [0, 0.05) is 0 Å². The molecule has 1 nitrogen and oxygen atoms in total. The molecule has 0 bridgehead atoms. The zero-order valence-electron chi connectivity index (χ0n) is 8.64. The second kappa shape index (κ2) is 3.78. The van der Waals surface area contributed by atoms with Crippen LogP contribution in [0, 0.1) is 11.3 Å². The van der Waals surface area contributed by atoms with E-state index < -0.39 is 0 Å². The van der Waals surface area contributed by atoms with Crippen LogP contribution in [0.4, 0.5) is 0 Å². The van der Waals surface area contributed by atoms with Crippen molar-refractivity contribution in [3.8, 4) is 0 Å². The zero-order chi connectivity index (χ0) is 9.19. The van der Waals surface area contributed by atoms with E-state index in [1.165, 1.54) is 32.1 Å². The minimum atomic E-state index is -0.0993. The molecule has 0 heterocycles. The van der Waals surface area contributed by atoms with Crippen molar-refractivity contribution >= 4 is 0 Å². The quantitative estimate of drug-likeness (QED) is 0.641. The van der Waals surface area contributed by atoms with E-state index in [2.05, 4.69) is 20.8 Å². The number of hydrogen-bond acceptors (Lipinski definition) is 1. The molecule has 1 saturated carbocycles. The van der Waals surface area contributed by atoms with Crippen LogP contribution >= 0.6 is 0 Å². The van der Waals surface area contributed by atoms with Crippen LogP contribution in [0.3, 0.4) is 0 Å². The van der Waals surface area contributed by atoms with Gasteiger partial charge in [-0.15, -0.1) is 0 Å². The number of rotatable bonds is 1. The van der Waals surface area contributed by atoms with Crippen LogP contribution in [0.1, 0.15) is 52.9 Å². The summed E-state index contributed by atoms with van der Waals surface area (Å²) in [5.74, 6) is 0.568. The molecular weight excluding hydrogens is 148 g/mol. The topological polar surface area (TPSA) is 20.2 Å². The van der Waals surface area contributed by atoms with E-state index in [-0.39, 0.29) is 11.5 Å². The Morgan fingerprint density at radius 2 is 1.58 bits per heavy atom. The van der Waals surface area contributed by atoms with E-state index in [9.17, 15) is 5.11 Å². The lowest BCUT2D eigenvalue weighted by molar-refractivity contribution is -0.00194. The average molecular weight is 170 g/mol. The van der Waals surface area contributed by atoms with Crippen molar-refractivity contribution in [2.45, 2.75) is 59.0 Å². The standard InChI is InChI=1S/C11H22O/c1-11(2,3)10(12)9-7-5-4-6-8-9/h9-10,12H,4-8H2,1-3H3/t10-/m0/s1. The Labute approximate surface area is 76.2 Å². The molecular formula is C11H22O. The summed E-state index contributed by atoms with van der Waals surface area (Å²) < 4.78 is 0. The predicted octanol–water partition coefficient (Wildman–Crippen LogP) is 2.97. The van der Waals surface area contributed by atoms with Crippen LogP contribution < -0.4 is 0 Å². The maximum atomic E-state index is 10.0. The first-order valence-corrected chi connectivity index (χ1v) is 5.20. The molecule has 0 aliphatic heterocycles. The normalized spacial score (nSPS) is 24.0. The molecule has 0 amide bonds. The van der Waals surface area contributed by atoms with Crippen molar-refractivity contribution in [1.82, 2.24) is 0 Å². The Morgan fingerprint density at radius 1 is 1.08 bits per heavy atom. The van der Waals surface area contributed by atoms with Crippen molar-refractivity contribution in [2.75, 3.05) is 0 Å². The van der Waals surface area contributed by atoms with E-state index in [0.29, 0.717) is 5.92 Å². The predicted molar refractivity (Wildman–Crippen MR) is 52.0 cm³/mol. The molecule has 1 rings (SSSR count). The van der Waals surface area contributed by atoms with Gasteiger partial charge >= 0.3 is 0 Å². The second-order valence-corrected chi connectivity index (χ2v) is 5.21. The molecule has 0 saturated heterocycles. The van der Waals surface area contributed by atoms with Gasteiger partial charge in [-0.05, 0) is 24.2 Å². The minimum Gasteiger partial charge on any atom is -0.392 e. The van der Waals surface area contributed by atoms with Crippen molar-refractivity contribution < 1.29 is 5.11 Å². The molecule has 0 aromatic rings. The summed E-state index contributed by atoms with van der Waals surface area (Å²) in [5, 5.41) is 10.0. The molecule has 0 radical (unpaired) electrons. The fourth-order valence-electron chi connectivity index (χ4n) is 2.16. The molecule has 0 aromatic carbocycles. The zero-order valence-corrected chi connectivity index (χ0v) is 8.64. The van der Waals surface area contributed by atoms with Crippen LogP contribution in [0.2, 0.25) is 0 Å². The minimum absolute atomic E-state index is 0.0714. The Morgan fingerprint density at radius 3 is 2.00 bits per heavy atom. The maximum absolute atomic E-state index is 10.0. The fourth-order valence-corrected chi connectivity index (χ4v) is 2.16. The van der Waals surface area contributed by atoms with Crippen LogP contribution in [0.25, 0.3) is 0 Å². The summed E-state index contributed by atoms with van der Waals surface area (Å²) in [4.78, 5) is 0. The van der Waals surface area contributed by atoms with Gasteiger partial charge in [0.1, 0.15) is 0 Å². The average Bonchev–Trinajstić information content (AvgIpc) is 2.03. The van der Waals surface area contributed by atoms with Crippen molar-refractivity contribution in [3.63, 3.8) is 0 Å². The van der Waals surface area contributed by atoms with Gasteiger partial charge in [0.05, 0.1) is 6.10 Å². The molecule has 0 unspecified atom stereocenters. The van der Waals surface area contributed by atoms with Gasteiger partial charge in [0.25, 0.3) is 0 Å². The maximum Gasteiger partial charge on any atom is 0.0616 e. The third-order valence-corrected chi connectivity index (χ3v) is 2.98. The molecule has 0 aromatic heterocycles. The smallest absolute Gasteiger partial charge is 0.0616 e. The van der Waals surface area contributed by atoms with Crippen molar-refractivity contribution in [2.24, 2.45) is 11.3 Å². The first kappa shape index (κ1) is 10.0. The number of aliphatic hydroxyl groups is 1. The first-order valence-electron chi connectivity index (χ1n) is 5.20. The third kappa shape index (κ3) is 2.48. The summed E-state index contributed by atoms with van der Waals surface area (Å²) in [7, 11) is 0. The lowest BCUT2D eigenvalue weighted by atomic mass is 9.75. The van der Waals surface area contributed by atoms with E-state index >= 15 is 0 Å². The lowest BCUT2D eigenvalue weighted by Gasteiger charge is -2.35. The van der Waals surface area contributed by atoms with Gasteiger partial charge in [0.15, 0.2) is 0 Å². The largest absolute Gasteiger partial charge is 0.392 e. The van der Waals surface area contributed by atoms with Gasteiger partial charge in [-0.1, -0.05) is 40.0 Å². The molecule has 1 atom stereocenters. The monoisotopic (exact) mass is 170 g/mol. The molecule has 1 heteroatoms. The highest BCUT2D eigenvalue weighted by atomic mass is 16.3. The summed E-state index contributed by atoms with van der Waals surface area (Å²) >= 11 is 0. The SMILES string of the molecule is CC(C)(C)[C@@H](O)C1CCCCC1. The van der Waals surface area contributed by atoms with Crippen LogP contribution in [0.15, 0.2) is 0 Å². The van der Waals surface area contributed by atoms with Gasteiger partial charge in [0.2, 0.25) is 0 Å². The van der Waals surface area contributed by atoms with Crippen LogP contribution in [-0.4, -0.2) is 11.2 Å². The number of aliphatic hydroxyl groups excluding tert-OH is 1. The Balaban J connectivity index is 2.45. The molecule has 72 valence electrons. The summed E-state index contributed by atoms with van der Waals surface area (Å²) in [6, 6.07) is 0. The van der Waals surface area contributed by atoms with Gasteiger partial charge in [-0.2, -0.15) is 0 Å². The molecule has 1 aliphatic carbocycles. The molecule has 0 spiro atoms. The van der Waals surface area contributed by atoms with Crippen LogP contribution in [-0.2, 0) is 0 Å². The fraction of sp³-hybridized carbons (Fsp3) is 1.00. The number of hydrogen-bond donors (Lipinski definition) is 1. The van der Waals surface area contributed by atoms with E-state index in [4.69, 9.17) is 0 Å². The van der Waals surface area contributed by atoms with E-state index in [1.54, 1.807) is 0 Å². The third-order valence-electron chi connectivity index (χ3n) is 2.98. The van der Waals surface area contributed by atoms with Gasteiger partial charge < -0.3 is 5.11 Å². The van der Waals surface area contributed by atoms with Crippen molar-refractivity contribution in [3.05, 3.63) is 0 Å². The highest BCUT2D eigenvalue weighted by Crippen LogP contribution is 2.34. The summed E-state index contributed by atoms with van der Waals surface area (Å²) in [6.07, 6.45) is 6.37. The first-order chi connectivity index (χ1) is 5.52. The Bertz CT molecular complexity index is 128. The molecule has 1 aliphatic rings. The Hall–Kier alpha value is -0.0400. The van der Waals surface area contributed by atoms with E-state index in [0.717, 1.165) is 0 Å². The Kier molecular flexibility index (Phi) is 3.16. The molecule has 1 N–H and O–H groups in total. The highest BCUT2D eigenvalue weighted by molar-refractivity contribution is 4.81.